The molecule has 0 spiro atoms. The van der Waals surface area contributed by atoms with Crippen molar-refractivity contribution in [1.29, 1.82) is 0 Å². The summed E-state index contributed by atoms with van der Waals surface area (Å²) in [6.45, 7) is 13.2. The van der Waals surface area contributed by atoms with Crippen molar-refractivity contribution in [3.8, 4) is 5.75 Å². The van der Waals surface area contributed by atoms with Crippen LogP contribution in [-0.2, 0) is 15.6 Å². The summed E-state index contributed by atoms with van der Waals surface area (Å²) in [5.41, 5.74) is 5.82. The number of rotatable bonds is 4. The Labute approximate surface area is 208 Å². The fourth-order valence-electron chi connectivity index (χ4n) is 4.23. The van der Waals surface area contributed by atoms with Crippen LogP contribution in [-0.4, -0.2) is 18.7 Å². The summed E-state index contributed by atoms with van der Waals surface area (Å²) in [7, 11) is 1.70. The van der Waals surface area contributed by atoms with Gasteiger partial charge in [0.15, 0.2) is 0 Å². The maximum atomic E-state index is 13.8. The zero-order valence-corrected chi connectivity index (χ0v) is 21.7. The van der Waals surface area contributed by atoms with Crippen molar-refractivity contribution in [1.82, 2.24) is 0 Å². The first-order valence-electron chi connectivity index (χ1n) is 12.0. The van der Waals surface area contributed by atoms with Gasteiger partial charge in [-0.25, -0.2) is 0 Å². The first kappa shape index (κ1) is 24.5. The minimum absolute atomic E-state index is 0.0639. The van der Waals surface area contributed by atoms with Gasteiger partial charge in [-0.3, -0.25) is 4.79 Å². The second-order valence-electron chi connectivity index (χ2n) is 11.0. The lowest BCUT2D eigenvalue weighted by Gasteiger charge is -2.28. The molecular formula is C31H34N2O2. The van der Waals surface area contributed by atoms with Crippen molar-refractivity contribution < 1.29 is 9.53 Å². The van der Waals surface area contributed by atoms with E-state index in [1.165, 1.54) is 10.6 Å². The van der Waals surface area contributed by atoms with Gasteiger partial charge in [-0.2, -0.15) is 10.1 Å². The number of nitrogens with zero attached hydrogens (tertiary/aromatic N) is 2. The number of hydrogen-bond donors (Lipinski definition) is 0. The topological polar surface area (TPSA) is 41.9 Å². The highest BCUT2D eigenvalue weighted by atomic mass is 16.5. The van der Waals surface area contributed by atoms with E-state index in [0.717, 1.165) is 28.1 Å². The number of amides is 1. The number of hydrazone groups is 1. The molecule has 180 valence electrons. The second kappa shape index (κ2) is 9.18. The SMILES string of the molecule is COc1c(/C=C2/C(=O)N(c3ccccc3)N=C2c2ccccc2)cc(C(C)(C)C)cc1C(C)(C)C. The Hall–Kier alpha value is -3.66. The average Bonchev–Trinajstić information content (AvgIpc) is 3.14. The number of ether oxygens (including phenoxy) is 1. The van der Waals surface area contributed by atoms with Crippen LogP contribution in [0.5, 0.6) is 5.75 Å². The molecule has 1 aliphatic heterocycles. The predicted molar refractivity (Wildman–Crippen MR) is 145 cm³/mol. The van der Waals surface area contributed by atoms with Gasteiger partial charge in [-0.1, -0.05) is 96.1 Å². The molecule has 3 aromatic rings. The fourth-order valence-corrected chi connectivity index (χ4v) is 4.23. The lowest BCUT2D eigenvalue weighted by atomic mass is 9.78. The van der Waals surface area contributed by atoms with E-state index in [1.807, 2.05) is 66.7 Å². The van der Waals surface area contributed by atoms with Gasteiger partial charge in [0.05, 0.1) is 18.4 Å². The largest absolute Gasteiger partial charge is 0.496 e. The van der Waals surface area contributed by atoms with Gasteiger partial charge in [0, 0.05) is 16.7 Å². The van der Waals surface area contributed by atoms with E-state index < -0.39 is 0 Å². The van der Waals surface area contributed by atoms with Crippen molar-refractivity contribution in [2.24, 2.45) is 5.10 Å². The van der Waals surface area contributed by atoms with Crippen molar-refractivity contribution in [3.05, 3.63) is 101 Å². The normalized spacial score (nSPS) is 15.5. The molecule has 1 aliphatic rings. The highest BCUT2D eigenvalue weighted by Crippen LogP contribution is 2.40. The molecule has 1 heterocycles. The van der Waals surface area contributed by atoms with Crippen LogP contribution in [0.1, 0.15) is 63.8 Å². The van der Waals surface area contributed by atoms with Crippen molar-refractivity contribution in [2.75, 3.05) is 12.1 Å². The number of hydrogen-bond acceptors (Lipinski definition) is 3. The van der Waals surface area contributed by atoms with Gasteiger partial charge in [0.25, 0.3) is 5.91 Å². The van der Waals surface area contributed by atoms with Crippen LogP contribution >= 0.6 is 0 Å². The van der Waals surface area contributed by atoms with E-state index in [0.29, 0.717) is 11.3 Å². The molecule has 0 bridgehead atoms. The van der Waals surface area contributed by atoms with Crippen LogP contribution in [0.4, 0.5) is 5.69 Å². The molecule has 0 aliphatic carbocycles. The Morgan fingerprint density at radius 1 is 0.829 bits per heavy atom. The lowest BCUT2D eigenvalue weighted by Crippen LogP contribution is -2.21. The zero-order valence-electron chi connectivity index (χ0n) is 21.7. The molecule has 0 saturated heterocycles. The third kappa shape index (κ3) is 4.93. The summed E-state index contributed by atoms with van der Waals surface area (Å²) < 4.78 is 5.96. The van der Waals surface area contributed by atoms with Crippen LogP contribution in [0.3, 0.4) is 0 Å². The number of anilines is 1. The maximum Gasteiger partial charge on any atom is 0.281 e. The molecule has 0 saturated carbocycles. The quantitative estimate of drug-likeness (QED) is 0.384. The number of benzene rings is 3. The minimum atomic E-state index is -0.157. The molecule has 1 amide bonds. The first-order valence-corrected chi connectivity index (χ1v) is 12.0. The van der Waals surface area contributed by atoms with E-state index in [1.54, 1.807) is 7.11 Å². The third-order valence-electron chi connectivity index (χ3n) is 6.22. The number of carbonyl (C=O) groups is 1. The fraction of sp³-hybridized carbons (Fsp3) is 0.290. The Kier molecular flexibility index (Phi) is 6.42. The number of carbonyl (C=O) groups excluding carboxylic acids is 1. The van der Waals surface area contributed by atoms with E-state index >= 15 is 0 Å². The standard InChI is InChI=1S/C31H34N2O2/c1-30(2,3)23-18-22(28(35-7)26(20-23)31(4,5)6)19-25-27(21-14-10-8-11-15-21)32-33(29(25)34)24-16-12-9-13-17-24/h8-20H,1-7H3/b25-19+. The van der Waals surface area contributed by atoms with Crippen molar-refractivity contribution in [3.63, 3.8) is 0 Å². The summed E-state index contributed by atoms with van der Waals surface area (Å²) in [6, 6.07) is 23.8. The molecule has 0 atom stereocenters. The summed E-state index contributed by atoms with van der Waals surface area (Å²) in [6.07, 6.45) is 1.94. The van der Waals surface area contributed by atoms with Gasteiger partial charge in [0.2, 0.25) is 0 Å². The summed E-state index contributed by atoms with van der Waals surface area (Å²) >= 11 is 0. The summed E-state index contributed by atoms with van der Waals surface area (Å²) in [5.74, 6) is 0.631. The van der Waals surface area contributed by atoms with Gasteiger partial charge in [-0.05, 0) is 40.7 Å². The molecule has 4 heteroatoms. The minimum Gasteiger partial charge on any atom is -0.496 e. The highest BCUT2D eigenvalue weighted by molar-refractivity contribution is 6.37. The molecule has 0 aromatic heterocycles. The Balaban J connectivity index is 1.96. The van der Waals surface area contributed by atoms with E-state index in [-0.39, 0.29) is 16.7 Å². The molecule has 0 unspecified atom stereocenters. The Morgan fingerprint density at radius 3 is 1.97 bits per heavy atom. The number of para-hydroxylation sites is 1. The zero-order chi connectivity index (χ0) is 25.4. The average molecular weight is 467 g/mol. The summed E-state index contributed by atoms with van der Waals surface area (Å²) in [4.78, 5) is 13.8. The van der Waals surface area contributed by atoms with Crippen LogP contribution in [0.15, 0.2) is 83.5 Å². The number of methoxy groups -OCH3 is 1. The van der Waals surface area contributed by atoms with Crippen LogP contribution in [0.25, 0.3) is 6.08 Å². The second-order valence-corrected chi connectivity index (χ2v) is 11.0. The molecule has 35 heavy (non-hydrogen) atoms. The van der Waals surface area contributed by atoms with Gasteiger partial charge < -0.3 is 4.74 Å². The van der Waals surface area contributed by atoms with Crippen molar-refractivity contribution >= 4 is 23.4 Å². The monoisotopic (exact) mass is 466 g/mol. The molecule has 3 aromatic carbocycles. The highest BCUT2D eigenvalue weighted by Gasteiger charge is 2.33. The molecule has 4 nitrogen and oxygen atoms in total. The molecule has 0 N–H and O–H groups in total. The first-order chi connectivity index (χ1) is 16.5. The van der Waals surface area contributed by atoms with Gasteiger partial charge >= 0.3 is 0 Å². The lowest BCUT2D eigenvalue weighted by molar-refractivity contribution is -0.114. The molecule has 0 fully saturated rings. The van der Waals surface area contributed by atoms with Crippen LogP contribution in [0, 0.1) is 0 Å². The summed E-state index contributed by atoms with van der Waals surface area (Å²) in [5, 5.41) is 6.26. The smallest absolute Gasteiger partial charge is 0.281 e. The van der Waals surface area contributed by atoms with E-state index in [2.05, 4.69) is 53.7 Å². The molecule has 4 rings (SSSR count). The van der Waals surface area contributed by atoms with E-state index in [9.17, 15) is 4.79 Å². The molecule has 0 radical (unpaired) electrons. The van der Waals surface area contributed by atoms with Crippen molar-refractivity contribution in [2.45, 2.75) is 52.4 Å². The third-order valence-corrected chi connectivity index (χ3v) is 6.22. The maximum absolute atomic E-state index is 13.8. The predicted octanol–water partition coefficient (Wildman–Crippen LogP) is 7.12. The van der Waals surface area contributed by atoms with Gasteiger partial charge in [-0.15, -0.1) is 0 Å². The van der Waals surface area contributed by atoms with E-state index in [4.69, 9.17) is 9.84 Å². The molecular weight excluding hydrogens is 432 g/mol. The van der Waals surface area contributed by atoms with Crippen LogP contribution in [0.2, 0.25) is 0 Å². The Bertz CT molecular complexity index is 1290. The Morgan fingerprint density at radius 2 is 1.43 bits per heavy atom. The van der Waals surface area contributed by atoms with Crippen LogP contribution < -0.4 is 9.75 Å². The van der Waals surface area contributed by atoms with Gasteiger partial charge in [0.1, 0.15) is 11.5 Å².